The number of hydrogen-bond donors (Lipinski definition) is 3. The molecule has 0 bridgehead atoms. The number of carbonyl (C=O) groups is 2. The molecular formula is C22H20N6O5. The van der Waals surface area contributed by atoms with Crippen molar-refractivity contribution in [1.82, 2.24) is 19.5 Å². The summed E-state index contributed by atoms with van der Waals surface area (Å²) in [5, 5.41) is 28.8. The summed E-state index contributed by atoms with van der Waals surface area (Å²) in [5.74, 6) is -0.486. The van der Waals surface area contributed by atoms with Gasteiger partial charge in [-0.3, -0.25) is 14.8 Å². The Labute approximate surface area is 186 Å². The highest BCUT2D eigenvalue weighted by atomic mass is 16.5. The van der Waals surface area contributed by atoms with Crippen molar-refractivity contribution in [3.8, 4) is 0 Å². The van der Waals surface area contributed by atoms with E-state index in [1.807, 2.05) is 0 Å². The Balaban J connectivity index is 1.56. The van der Waals surface area contributed by atoms with E-state index in [0.717, 1.165) is 4.73 Å². The first-order valence-corrected chi connectivity index (χ1v) is 10.4. The van der Waals surface area contributed by atoms with Gasteiger partial charge in [-0.15, -0.1) is 0 Å². The van der Waals surface area contributed by atoms with Crippen LogP contribution in [-0.4, -0.2) is 49.8 Å². The Morgan fingerprint density at radius 1 is 1.21 bits per heavy atom. The van der Waals surface area contributed by atoms with Gasteiger partial charge >= 0.3 is 0 Å². The molecule has 5 rings (SSSR count). The Hall–Kier alpha value is -4.41. The van der Waals surface area contributed by atoms with Crippen molar-refractivity contribution >= 4 is 34.2 Å². The van der Waals surface area contributed by atoms with Crippen molar-refractivity contribution in [2.24, 2.45) is 0 Å². The van der Waals surface area contributed by atoms with Crippen LogP contribution in [0.2, 0.25) is 0 Å². The second-order valence-electron chi connectivity index (χ2n) is 7.97. The molecule has 0 atom stereocenters. The molecule has 1 fully saturated rings. The molecule has 0 saturated carbocycles. The van der Waals surface area contributed by atoms with E-state index in [4.69, 9.17) is 0 Å². The van der Waals surface area contributed by atoms with E-state index in [-0.39, 0.29) is 17.0 Å². The fourth-order valence-electron chi connectivity index (χ4n) is 4.33. The molecule has 1 aliphatic rings. The molecule has 4 aromatic rings. The Morgan fingerprint density at radius 3 is 2.73 bits per heavy atom. The highest BCUT2D eigenvalue weighted by Gasteiger charge is 2.25. The van der Waals surface area contributed by atoms with Gasteiger partial charge in [0.1, 0.15) is 17.3 Å². The number of likely N-dealkylation sites (tertiary alicyclic amines) is 1. The van der Waals surface area contributed by atoms with Crippen LogP contribution in [0.3, 0.4) is 0 Å². The van der Waals surface area contributed by atoms with Crippen molar-refractivity contribution in [2.75, 3.05) is 18.4 Å². The van der Waals surface area contributed by atoms with Gasteiger partial charge in [0.05, 0.1) is 22.3 Å². The second kappa shape index (κ2) is 7.93. The summed E-state index contributed by atoms with van der Waals surface area (Å²) in [6.07, 6.45) is 2.57. The van der Waals surface area contributed by atoms with Crippen molar-refractivity contribution in [3.05, 3.63) is 70.4 Å². The van der Waals surface area contributed by atoms with Gasteiger partial charge in [-0.2, -0.15) is 5.10 Å². The standard InChI is InChI=1S/C22H20N6O5/c29-18-11-17(13-6-9-26(10-7-13)22(31)32)28-20(24-18)19-15(4-1-5-16(19)25-28)23-21(30)14-3-2-8-27(33)12-14/h1-5,8,11-13H,6-7,9-10H2,(H3-,23,24,25,29,30,31,32,33). The van der Waals surface area contributed by atoms with Crippen LogP contribution in [-0.2, 0) is 0 Å². The van der Waals surface area contributed by atoms with E-state index in [1.54, 1.807) is 34.8 Å². The number of carboxylic acid groups (broad SMARTS) is 1. The van der Waals surface area contributed by atoms with E-state index in [9.17, 15) is 24.7 Å². The molecule has 0 unspecified atom stereocenters. The minimum Gasteiger partial charge on any atom is -0.530 e. The number of rotatable bonds is 3. The zero-order chi connectivity index (χ0) is 23.1. The van der Waals surface area contributed by atoms with Gasteiger partial charge < -0.3 is 25.1 Å². The maximum atomic E-state index is 12.7. The first-order valence-electron chi connectivity index (χ1n) is 10.4. The fraction of sp³-hybridized carbons (Fsp3) is 0.227. The van der Waals surface area contributed by atoms with Gasteiger partial charge in [-0.05, 0) is 31.0 Å². The van der Waals surface area contributed by atoms with Crippen LogP contribution in [0.5, 0.6) is 0 Å². The average Bonchev–Trinajstić information content (AvgIpc) is 3.18. The van der Waals surface area contributed by atoms with Gasteiger partial charge in [0.25, 0.3) is 11.5 Å². The molecule has 3 aromatic heterocycles. The zero-order valence-electron chi connectivity index (χ0n) is 17.4. The number of fused-ring (bicyclic) bond motifs is 3. The minimum atomic E-state index is -1.19. The van der Waals surface area contributed by atoms with Crippen LogP contribution in [0.15, 0.2) is 53.6 Å². The number of hydrogen-bond acceptors (Lipinski definition) is 6. The molecule has 11 heteroatoms. The molecule has 33 heavy (non-hydrogen) atoms. The number of aromatic amines is 1. The quantitative estimate of drug-likeness (QED) is 0.307. The van der Waals surface area contributed by atoms with Gasteiger partial charge in [-0.25, -0.2) is 4.52 Å². The lowest BCUT2D eigenvalue weighted by molar-refractivity contribution is -0.904. The SMILES string of the molecule is O=C(Nc1cccc2nn3c(C4CCN(C(=O)[O-])CC4)cc(=O)[nH]c3c12)c1ccc[n+](O)c1. The smallest absolute Gasteiger partial charge is 0.261 e. The number of aromatic nitrogens is 4. The van der Waals surface area contributed by atoms with Gasteiger partial charge in [0, 0.05) is 35.9 Å². The third-order valence-corrected chi connectivity index (χ3v) is 5.93. The van der Waals surface area contributed by atoms with E-state index in [2.05, 4.69) is 15.4 Å². The summed E-state index contributed by atoms with van der Waals surface area (Å²) in [6, 6.07) is 9.83. The second-order valence-corrected chi connectivity index (χ2v) is 7.97. The van der Waals surface area contributed by atoms with Crippen molar-refractivity contribution < 1.29 is 24.6 Å². The number of nitrogens with one attached hydrogen (secondary N) is 2. The Bertz CT molecular complexity index is 1450. The number of carbonyl (C=O) groups excluding carboxylic acids is 2. The summed E-state index contributed by atoms with van der Waals surface area (Å²) in [4.78, 5) is 40.5. The van der Waals surface area contributed by atoms with Gasteiger partial charge in [0.15, 0.2) is 0 Å². The number of anilines is 1. The topological polar surface area (TPSA) is 147 Å². The molecule has 1 aromatic carbocycles. The molecule has 4 heterocycles. The number of pyridine rings is 1. The van der Waals surface area contributed by atoms with Crippen molar-refractivity contribution in [3.63, 3.8) is 0 Å². The van der Waals surface area contributed by atoms with Crippen LogP contribution >= 0.6 is 0 Å². The zero-order valence-corrected chi connectivity index (χ0v) is 17.4. The summed E-state index contributed by atoms with van der Waals surface area (Å²) in [7, 11) is 0. The predicted molar refractivity (Wildman–Crippen MR) is 114 cm³/mol. The van der Waals surface area contributed by atoms with Gasteiger partial charge in [-0.1, -0.05) is 6.07 Å². The fourth-order valence-corrected chi connectivity index (χ4v) is 4.33. The van der Waals surface area contributed by atoms with Crippen LogP contribution in [0.25, 0.3) is 16.6 Å². The van der Waals surface area contributed by atoms with Crippen molar-refractivity contribution in [2.45, 2.75) is 18.8 Å². The summed E-state index contributed by atoms with van der Waals surface area (Å²) in [5.41, 5.74) is 2.10. The lowest BCUT2D eigenvalue weighted by Gasteiger charge is -2.33. The molecule has 0 radical (unpaired) electrons. The molecule has 1 saturated heterocycles. The first kappa shape index (κ1) is 20.5. The van der Waals surface area contributed by atoms with Crippen LogP contribution in [0.1, 0.15) is 34.8 Å². The normalized spacial score (nSPS) is 14.6. The molecule has 1 aliphatic heterocycles. The highest BCUT2D eigenvalue weighted by Crippen LogP contribution is 2.31. The van der Waals surface area contributed by atoms with E-state index < -0.39 is 12.0 Å². The number of nitrogens with zero attached hydrogens (tertiary/aromatic N) is 4. The van der Waals surface area contributed by atoms with Crippen LogP contribution in [0.4, 0.5) is 10.5 Å². The van der Waals surface area contributed by atoms with E-state index in [0.29, 0.717) is 53.9 Å². The van der Waals surface area contributed by atoms with Crippen LogP contribution in [0, 0.1) is 0 Å². The van der Waals surface area contributed by atoms with E-state index >= 15 is 0 Å². The van der Waals surface area contributed by atoms with E-state index in [1.165, 1.54) is 23.4 Å². The average molecular weight is 448 g/mol. The van der Waals surface area contributed by atoms with Gasteiger partial charge in [0.2, 0.25) is 12.4 Å². The van der Waals surface area contributed by atoms with Crippen LogP contribution < -0.4 is 20.7 Å². The molecule has 2 amide bonds. The van der Waals surface area contributed by atoms with Crippen molar-refractivity contribution in [1.29, 1.82) is 0 Å². The predicted octanol–water partition coefficient (Wildman–Crippen LogP) is 0.476. The third-order valence-electron chi connectivity index (χ3n) is 5.93. The molecule has 0 aliphatic carbocycles. The number of benzene rings is 1. The summed E-state index contributed by atoms with van der Waals surface area (Å²) >= 11 is 0. The Kier molecular flexibility index (Phi) is 4.93. The molecule has 3 N–H and O–H groups in total. The molecule has 11 nitrogen and oxygen atoms in total. The Morgan fingerprint density at radius 2 is 2.00 bits per heavy atom. The number of amides is 2. The first-order chi connectivity index (χ1) is 15.9. The highest BCUT2D eigenvalue weighted by molar-refractivity contribution is 6.11. The minimum absolute atomic E-state index is 0.0536. The lowest BCUT2D eigenvalue weighted by Crippen LogP contribution is -2.45. The maximum Gasteiger partial charge on any atom is 0.261 e. The lowest BCUT2D eigenvalue weighted by atomic mass is 9.93. The molecular weight excluding hydrogens is 428 g/mol. The molecule has 0 spiro atoms. The summed E-state index contributed by atoms with van der Waals surface area (Å²) in [6.45, 7) is 0.649. The molecule has 168 valence electrons. The largest absolute Gasteiger partial charge is 0.530 e. The number of H-pyrrole nitrogens is 1. The number of piperidine rings is 1. The maximum absolute atomic E-state index is 12.7. The summed E-state index contributed by atoms with van der Waals surface area (Å²) < 4.78 is 2.45. The monoisotopic (exact) mass is 448 g/mol. The third kappa shape index (κ3) is 3.73.